The Labute approximate surface area is 95.7 Å². The van der Waals surface area contributed by atoms with Crippen LogP contribution in [0.1, 0.15) is 59.8 Å². The normalized spacial score (nSPS) is 15.6. The summed E-state index contributed by atoms with van der Waals surface area (Å²) in [6.07, 6.45) is 5.39. The highest BCUT2D eigenvalue weighted by Gasteiger charge is 2.21. The van der Waals surface area contributed by atoms with Gasteiger partial charge < -0.3 is 5.11 Å². The van der Waals surface area contributed by atoms with Crippen molar-refractivity contribution >= 4 is 0 Å². The number of hydrogen-bond donors (Lipinski definition) is 1. The highest BCUT2D eigenvalue weighted by atomic mass is 16.3. The van der Waals surface area contributed by atoms with E-state index in [1.807, 2.05) is 0 Å². The number of rotatable bonds is 9. The van der Waals surface area contributed by atoms with Crippen LogP contribution in [-0.2, 0) is 0 Å². The molecule has 0 fully saturated rings. The summed E-state index contributed by atoms with van der Waals surface area (Å²) in [4.78, 5) is 2.43. The fourth-order valence-corrected chi connectivity index (χ4v) is 2.18. The van der Waals surface area contributed by atoms with Crippen LogP contribution in [0.2, 0.25) is 0 Å². The van der Waals surface area contributed by atoms with Gasteiger partial charge in [0.2, 0.25) is 0 Å². The number of hydrogen-bond acceptors (Lipinski definition) is 2. The third-order valence-corrected chi connectivity index (χ3v) is 3.12. The third-order valence-electron chi connectivity index (χ3n) is 3.12. The molecule has 0 radical (unpaired) electrons. The maximum atomic E-state index is 10.1. The first-order valence-corrected chi connectivity index (χ1v) is 6.63. The van der Waals surface area contributed by atoms with Gasteiger partial charge in [-0.15, -0.1) is 0 Å². The highest BCUT2D eigenvalue weighted by Crippen LogP contribution is 2.14. The molecule has 0 aliphatic rings. The van der Waals surface area contributed by atoms with Crippen LogP contribution in [0.25, 0.3) is 0 Å². The van der Waals surface area contributed by atoms with Crippen molar-refractivity contribution in [3.8, 4) is 0 Å². The smallest absolute Gasteiger partial charge is 0.0695 e. The molecule has 0 saturated carbocycles. The molecule has 0 aromatic heterocycles. The van der Waals surface area contributed by atoms with Crippen molar-refractivity contribution in [3.05, 3.63) is 0 Å². The fourth-order valence-electron chi connectivity index (χ4n) is 2.18. The molecule has 0 rings (SSSR count). The molecule has 0 aromatic rings. The van der Waals surface area contributed by atoms with Gasteiger partial charge in [-0.25, -0.2) is 0 Å². The summed E-state index contributed by atoms with van der Waals surface area (Å²) in [5, 5.41) is 10.1. The number of aliphatic hydroxyl groups excluding tert-OH is 1. The van der Waals surface area contributed by atoms with Gasteiger partial charge in [-0.05, 0) is 32.4 Å². The Morgan fingerprint density at radius 2 is 1.73 bits per heavy atom. The minimum atomic E-state index is -0.142. The lowest BCUT2D eigenvalue weighted by atomic mass is 10.0. The standard InChI is InChI=1S/C13H29NO/c1-5-9-11-14(8-4)12(7-3)13(15)10-6-2/h12-13,15H,5-11H2,1-4H3. The Hall–Kier alpha value is -0.0800. The molecule has 2 nitrogen and oxygen atoms in total. The van der Waals surface area contributed by atoms with E-state index in [2.05, 4.69) is 32.6 Å². The van der Waals surface area contributed by atoms with Crippen LogP contribution >= 0.6 is 0 Å². The van der Waals surface area contributed by atoms with E-state index in [1.54, 1.807) is 0 Å². The monoisotopic (exact) mass is 215 g/mol. The first-order chi connectivity index (χ1) is 7.21. The summed E-state index contributed by atoms with van der Waals surface area (Å²) in [6, 6.07) is 0.362. The number of aliphatic hydroxyl groups is 1. The second-order valence-corrected chi connectivity index (χ2v) is 4.31. The van der Waals surface area contributed by atoms with Crippen LogP contribution in [-0.4, -0.2) is 35.2 Å². The largest absolute Gasteiger partial charge is 0.391 e. The highest BCUT2D eigenvalue weighted by molar-refractivity contribution is 4.77. The summed E-state index contributed by atoms with van der Waals surface area (Å²) in [5.41, 5.74) is 0. The molecular weight excluding hydrogens is 186 g/mol. The zero-order chi connectivity index (χ0) is 11.7. The van der Waals surface area contributed by atoms with Gasteiger partial charge in [-0.1, -0.05) is 40.5 Å². The van der Waals surface area contributed by atoms with E-state index in [1.165, 1.54) is 12.8 Å². The Bertz CT molecular complexity index is 138. The summed E-state index contributed by atoms with van der Waals surface area (Å²) in [6.45, 7) is 10.9. The van der Waals surface area contributed by atoms with Gasteiger partial charge in [0.25, 0.3) is 0 Å². The topological polar surface area (TPSA) is 23.5 Å². The van der Waals surface area contributed by atoms with Gasteiger partial charge in [0.05, 0.1) is 6.10 Å². The maximum absolute atomic E-state index is 10.1. The first-order valence-electron chi connectivity index (χ1n) is 6.63. The van der Waals surface area contributed by atoms with Crippen molar-refractivity contribution in [1.29, 1.82) is 0 Å². The molecule has 2 heteroatoms. The average molecular weight is 215 g/mol. The maximum Gasteiger partial charge on any atom is 0.0695 e. The molecule has 0 spiro atoms. The van der Waals surface area contributed by atoms with E-state index in [-0.39, 0.29) is 6.10 Å². The Morgan fingerprint density at radius 3 is 2.13 bits per heavy atom. The molecule has 1 N–H and O–H groups in total. The van der Waals surface area contributed by atoms with Crippen LogP contribution in [0.5, 0.6) is 0 Å². The van der Waals surface area contributed by atoms with Gasteiger partial charge in [0.15, 0.2) is 0 Å². The van der Waals surface area contributed by atoms with Crippen molar-refractivity contribution in [2.75, 3.05) is 13.1 Å². The molecule has 15 heavy (non-hydrogen) atoms. The zero-order valence-electron chi connectivity index (χ0n) is 11.0. The van der Waals surface area contributed by atoms with Crippen molar-refractivity contribution in [2.24, 2.45) is 0 Å². The van der Waals surface area contributed by atoms with Crippen molar-refractivity contribution in [3.63, 3.8) is 0 Å². The Balaban J connectivity index is 4.18. The molecular formula is C13H29NO. The zero-order valence-corrected chi connectivity index (χ0v) is 11.0. The summed E-state index contributed by atoms with van der Waals surface area (Å²) >= 11 is 0. The van der Waals surface area contributed by atoms with E-state index in [4.69, 9.17) is 0 Å². The van der Waals surface area contributed by atoms with Gasteiger partial charge in [-0.3, -0.25) is 4.90 Å². The van der Waals surface area contributed by atoms with Gasteiger partial charge in [0, 0.05) is 6.04 Å². The van der Waals surface area contributed by atoms with E-state index >= 15 is 0 Å². The molecule has 0 saturated heterocycles. The lowest BCUT2D eigenvalue weighted by molar-refractivity contribution is 0.0424. The fraction of sp³-hybridized carbons (Fsp3) is 1.00. The quantitative estimate of drug-likeness (QED) is 0.639. The van der Waals surface area contributed by atoms with Crippen molar-refractivity contribution in [2.45, 2.75) is 71.9 Å². The van der Waals surface area contributed by atoms with Crippen molar-refractivity contribution < 1.29 is 5.11 Å². The predicted octanol–water partition coefficient (Wildman–Crippen LogP) is 3.05. The Morgan fingerprint density at radius 1 is 1.07 bits per heavy atom. The van der Waals surface area contributed by atoms with E-state index in [0.717, 1.165) is 32.4 Å². The summed E-state index contributed by atoms with van der Waals surface area (Å²) in [5.74, 6) is 0. The molecule has 0 aliphatic heterocycles. The van der Waals surface area contributed by atoms with Gasteiger partial charge in [0.1, 0.15) is 0 Å². The minimum Gasteiger partial charge on any atom is -0.391 e. The van der Waals surface area contributed by atoms with E-state index in [9.17, 15) is 5.11 Å². The predicted molar refractivity (Wildman–Crippen MR) is 67.1 cm³/mol. The number of unbranched alkanes of at least 4 members (excludes halogenated alkanes) is 1. The Kier molecular flexibility index (Phi) is 9.12. The second kappa shape index (κ2) is 9.17. The minimum absolute atomic E-state index is 0.142. The first kappa shape index (κ1) is 14.9. The average Bonchev–Trinajstić information content (AvgIpc) is 2.24. The lowest BCUT2D eigenvalue weighted by Crippen LogP contribution is -2.43. The van der Waals surface area contributed by atoms with Crippen molar-refractivity contribution in [1.82, 2.24) is 4.90 Å². The van der Waals surface area contributed by atoms with Crippen LogP contribution in [0.3, 0.4) is 0 Å². The molecule has 2 unspecified atom stereocenters. The molecule has 0 amide bonds. The molecule has 0 heterocycles. The molecule has 0 bridgehead atoms. The van der Waals surface area contributed by atoms with Crippen LogP contribution in [0.4, 0.5) is 0 Å². The van der Waals surface area contributed by atoms with E-state index < -0.39 is 0 Å². The second-order valence-electron chi connectivity index (χ2n) is 4.31. The van der Waals surface area contributed by atoms with Gasteiger partial charge in [-0.2, -0.15) is 0 Å². The molecule has 2 atom stereocenters. The molecule has 0 aromatic carbocycles. The molecule has 92 valence electrons. The number of nitrogens with zero attached hydrogens (tertiary/aromatic N) is 1. The SMILES string of the molecule is CCCCN(CC)C(CC)C(O)CCC. The van der Waals surface area contributed by atoms with Crippen LogP contribution in [0, 0.1) is 0 Å². The summed E-state index contributed by atoms with van der Waals surface area (Å²) < 4.78 is 0. The number of likely N-dealkylation sites (N-methyl/N-ethyl adjacent to an activating group) is 1. The third kappa shape index (κ3) is 5.53. The van der Waals surface area contributed by atoms with E-state index in [0.29, 0.717) is 6.04 Å². The molecule has 0 aliphatic carbocycles. The van der Waals surface area contributed by atoms with Crippen LogP contribution in [0.15, 0.2) is 0 Å². The lowest BCUT2D eigenvalue weighted by Gasteiger charge is -2.33. The van der Waals surface area contributed by atoms with Crippen LogP contribution < -0.4 is 0 Å². The summed E-state index contributed by atoms with van der Waals surface area (Å²) in [7, 11) is 0. The van der Waals surface area contributed by atoms with Gasteiger partial charge >= 0.3 is 0 Å².